The molecule has 2 aromatic rings. The Kier molecular flexibility index (Phi) is 3.37. The minimum atomic E-state index is 0.00421. The molecule has 0 radical (unpaired) electrons. The lowest BCUT2D eigenvalue weighted by molar-refractivity contribution is 0.240. The van der Waals surface area contributed by atoms with Crippen molar-refractivity contribution >= 4 is 23.1 Å². The van der Waals surface area contributed by atoms with E-state index in [1.807, 2.05) is 34.7 Å². The highest BCUT2D eigenvalue weighted by Crippen LogP contribution is 2.42. The molecule has 114 valence electrons. The SMILES string of the molecule is C[C@@H]1Cc2ccccc2N1C(=O)N[C@@H](c1nccs1)C1CC1. The highest BCUT2D eigenvalue weighted by molar-refractivity contribution is 7.09. The Balaban J connectivity index is 1.57. The number of fused-ring (bicyclic) bond motifs is 1. The van der Waals surface area contributed by atoms with E-state index in [1.54, 1.807) is 11.3 Å². The molecule has 1 aromatic carbocycles. The molecule has 0 saturated heterocycles. The van der Waals surface area contributed by atoms with Crippen LogP contribution < -0.4 is 10.2 Å². The molecular weight excluding hydrogens is 294 g/mol. The summed E-state index contributed by atoms with van der Waals surface area (Å²) >= 11 is 1.63. The quantitative estimate of drug-likeness (QED) is 0.938. The summed E-state index contributed by atoms with van der Waals surface area (Å²) in [6, 6.07) is 8.45. The van der Waals surface area contributed by atoms with Crippen LogP contribution in [0.15, 0.2) is 35.8 Å². The van der Waals surface area contributed by atoms with Gasteiger partial charge in [0.05, 0.1) is 6.04 Å². The maximum Gasteiger partial charge on any atom is 0.322 e. The summed E-state index contributed by atoms with van der Waals surface area (Å²) in [6.07, 6.45) is 5.09. The van der Waals surface area contributed by atoms with Crippen LogP contribution in [0.4, 0.5) is 10.5 Å². The summed E-state index contributed by atoms with van der Waals surface area (Å²) in [5.74, 6) is 0.545. The fourth-order valence-electron chi connectivity index (χ4n) is 3.28. The van der Waals surface area contributed by atoms with E-state index < -0.39 is 0 Å². The van der Waals surface area contributed by atoms with Gasteiger partial charge in [-0.05, 0) is 43.7 Å². The third-order valence-corrected chi connectivity index (χ3v) is 5.37. The predicted octanol–water partition coefficient (Wildman–Crippen LogP) is 3.76. The normalized spacial score (nSPS) is 21.5. The van der Waals surface area contributed by atoms with Gasteiger partial charge in [-0.1, -0.05) is 18.2 Å². The third-order valence-electron chi connectivity index (χ3n) is 4.52. The second-order valence-electron chi connectivity index (χ2n) is 6.19. The number of carbonyl (C=O) groups is 1. The molecule has 1 saturated carbocycles. The molecule has 5 heteroatoms. The van der Waals surface area contributed by atoms with Gasteiger partial charge in [0, 0.05) is 23.3 Å². The van der Waals surface area contributed by atoms with E-state index in [0.29, 0.717) is 5.92 Å². The van der Waals surface area contributed by atoms with Gasteiger partial charge >= 0.3 is 6.03 Å². The Morgan fingerprint density at radius 2 is 2.23 bits per heavy atom. The Morgan fingerprint density at radius 1 is 1.41 bits per heavy atom. The van der Waals surface area contributed by atoms with E-state index in [4.69, 9.17) is 0 Å². The van der Waals surface area contributed by atoms with Crippen molar-refractivity contribution in [2.24, 2.45) is 5.92 Å². The van der Waals surface area contributed by atoms with E-state index >= 15 is 0 Å². The molecule has 4 rings (SSSR count). The third kappa shape index (κ3) is 2.39. The molecule has 2 amide bonds. The minimum Gasteiger partial charge on any atom is -0.328 e. The zero-order valence-electron chi connectivity index (χ0n) is 12.5. The van der Waals surface area contributed by atoms with Gasteiger partial charge in [-0.15, -0.1) is 11.3 Å². The first-order chi connectivity index (χ1) is 10.7. The molecule has 2 atom stereocenters. The maximum atomic E-state index is 12.8. The molecule has 2 heterocycles. The van der Waals surface area contributed by atoms with Gasteiger partial charge in [0.15, 0.2) is 0 Å². The summed E-state index contributed by atoms with van der Waals surface area (Å²) in [7, 11) is 0. The Labute approximate surface area is 134 Å². The fourth-order valence-corrected chi connectivity index (χ4v) is 4.06. The fraction of sp³-hybridized carbons (Fsp3) is 0.412. The molecule has 0 unspecified atom stereocenters. The van der Waals surface area contributed by atoms with Gasteiger partial charge in [-0.25, -0.2) is 9.78 Å². The number of amides is 2. The average Bonchev–Trinajstić information content (AvgIpc) is 3.08. The number of anilines is 1. The van der Waals surface area contributed by atoms with Crippen LogP contribution in [-0.2, 0) is 6.42 Å². The topological polar surface area (TPSA) is 45.2 Å². The lowest BCUT2D eigenvalue weighted by Crippen LogP contribution is -2.45. The van der Waals surface area contributed by atoms with E-state index in [1.165, 1.54) is 18.4 Å². The number of rotatable bonds is 3. The monoisotopic (exact) mass is 313 g/mol. The number of hydrogen-bond acceptors (Lipinski definition) is 3. The van der Waals surface area contributed by atoms with Gasteiger partial charge in [0.2, 0.25) is 0 Å². The van der Waals surface area contributed by atoms with Crippen molar-refractivity contribution in [2.45, 2.75) is 38.3 Å². The van der Waals surface area contributed by atoms with Crippen molar-refractivity contribution in [3.63, 3.8) is 0 Å². The molecule has 0 bridgehead atoms. The van der Waals surface area contributed by atoms with Crippen LogP contribution >= 0.6 is 11.3 Å². The predicted molar refractivity (Wildman–Crippen MR) is 88.2 cm³/mol. The van der Waals surface area contributed by atoms with Crippen molar-refractivity contribution in [1.29, 1.82) is 0 Å². The van der Waals surface area contributed by atoms with Crippen LogP contribution in [0.2, 0.25) is 0 Å². The highest BCUT2D eigenvalue weighted by Gasteiger charge is 2.38. The first kappa shape index (κ1) is 13.8. The van der Waals surface area contributed by atoms with Gasteiger partial charge in [0.1, 0.15) is 5.01 Å². The summed E-state index contributed by atoms with van der Waals surface area (Å²) in [5, 5.41) is 6.23. The first-order valence-electron chi connectivity index (χ1n) is 7.81. The summed E-state index contributed by atoms with van der Waals surface area (Å²) < 4.78 is 0. The molecule has 4 nitrogen and oxygen atoms in total. The number of nitrogens with zero attached hydrogens (tertiary/aromatic N) is 2. The molecule has 1 fully saturated rings. The van der Waals surface area contributed by atoms with Crippen LogP contribution in [0.5, 0.6) is 0 Å². The number of hydrogen-bond donors (Lipinski definition) is 1. The average molecular weight is 313 g/mol. The lowest BCUT2D eigenvalue weighted by atomic mass is 10.1. The Bertz CT molecular complexity index is 681. The van der Waals surface area contributed by atoms with Crippen molar-refractivity contribution in [2.75, 3.05) is 4.90 Å². The lowest BCUT2D eigenvalue weighted by Gasteiger charge is -2.26. The number of benzene rings is 1. The van der Waals surface area contributed by atoms with Crippen LogP contribution in [0, 0.1) is 5.92 Å². The van der Waals surface area contributed by atoms with E-state index in [0.717, 1.165) is 17.1 Å². The summed E-state index contributed by atoms with van der Waals surface area (Å²) in [6.45, 7) is 2.11. The Morgan fingerprint density at radius 3 is 2.95 bits per heavy atom. The number of urea groups is 1. The van der Waals surface area contributed by atoms with Crippen LogP contribution in [0.1, 0.15) is 36.4 Å². The first-order valence-corrected chi connectivity index (χ1v) is 8.69. The molecule has 22 heavy (non-hydrogen) atoms. The van der Waals surface area contributed by atoms with Crippen molar-refractivity contribution < 1.29 is 4.79 Å². The molecular formula is C17H19N3OS. The van der Waals surface area contributed by atoms with Crippen molar-refractivity contribution in [1.82, 2.24) is 10.3 Å². The highest BCUT2D eigenvalue weighted by atomic mass is 32.1. The standard InChI is InChI=1S/C17H19N3OS/c1-11-10-13-4-2-3-5-14(13)20(11)17(21)19-15(12-6-7-12)16-18-8-9-22-16/h2-5,8-9,11-12,15H,6-7,10H2,1H3,(H,19,21)/t11-,15-/m1/s1. The van der Waals surface area contributed by atoms with Gasteiger partial charge in [-0.2, -0.15) is 0 Å². The van der Waals surface area contributed by atoms with Crippen LogP contribution in [0.3, 0.4) is 0 Å². The maximum absolute atomic E-state index is 12.8. The number of aromatic nitrogens is 1. The number of para-hydroxylation sites is 1. The largest absolute Gasteiger partial charge is 0.328 e. The Hall–Kier alpha value is -1.88. The van der Waals surface area contributed by atoms with Crippen molar-refractivity contribution in [3.05, 3.63) is 46.4 Å². The van der Waals surface area contributed by atoms with Gasteiger partial charge in [0.25, 0.3) is 0 Å². The molecule has 1 aliphatic carbocycles. The second-order valence-corrected chi connectivity index (χ2v) is 7.11. The summed E-state index contributed by atoms with van der Waals surface area (Å²) in [5.41, 5.74) is 2.29. The van der Waals surface area contributed by atoms with E-state index in [9.17, 15) is 4.79 Å². The van der Waals surface area contributed by atoms with Gasteiger partial charge in [-0.3, -0.25) is 4.90 Å². The van der Waals surface area contributed by atoms with Crippen molar-refractivity contribution in [3.8, 4) is 0 Å². The minimum absolute atomic E-state index is 0.00421. The smallest absolute Gasteiger partial charge is 0.322 e. The number of thiazole rings is 1. The van der Waals surface area contributed by atoms with Crippen LogP contribution in [-0.4, -0.2) is 17.1 Å². The molecule has 1 N–H and O–H groups in total. The number of nitrogens with one attached hydrogen (secondary N) is 1. The zero-order valence-corrected chi connectivity index (χ0v) is 13.3. The summed E-state index contributed by atoms with van der Waals surface area (Å²) in [4.78, 5) is 19.2. The molecule has 1 aromatic heterocycles. The second kappa shape index (κ2) is 5.39. The number of carbonyl (C=O) groups excluding carboxylic acids is 1. The van der Waals surface area contributed by atoms with Gasteiger partial charge < -0.3 is 5.32 Å². The van der Waals surface area contributed by atoms with E-state index in [-0.39, 0.29) is 18.1 Å². The molecule has 1 aliphatic heterocycles. The van der Waals surface area contributed by atoms with E-state index in [2.05, 4.69) is 23.3 Å². The van der Waals surface area contributed by atoms with Crippen LogP contribution in [0.25, 0.3) is 0 Å². The molecule has 0 spiro atoms. The zero-order chi connectivity index (χ0) is 15.1. The molecule has 2 aliphatic rings.